The van der Waals surface area contributed by atoms with Gasteiger partial charge in [0.15, 0.2) is 18.1 Å². The lowest BCUT2D eigenvalue weighted by molar-refractivity contribution is -0.576. The summed E-state index contributed by atoms with van der Waals surface area (Å²) in [5.41, 5.74) is 3.64. The van der Waals surface area contributed by atoms with Crippen LogP contribution in [0.1, 0.15) is 16.8 Å². The zero-order valence-electron chi connectivity index (χ0n) is 9.84. The zero-order valence-corrected chi connectivity index (χ0v) is 9.84. The number of pyridine rings is 1. The maximum absolute atomic E-state index is 3.83. The Bertz CT molecular complexity index is 526. The van der Waals surface area contributed by atoms with Crippen LogP contribution in [0, 0.1) is 0 Å². The van der Waals surface area contributed by atoms with Gasteiger partial charge in [-0.1, -0.05) is 43.0 Å². The van der Waals surface area contributed by atoms with E-state index in [1.54, 1.807) is 0 Å². The Morgan fingerprint density at radius 2 is 1.82 bits per heavy atom. The number of nitrogens with zero attached hydrogens (tertiary/aromatic N) is 1. The minimum atomic E-state index is 0.897. The molecule has 2 aromatic rings. The maximum Gasteiger partial charge on any atom is 0.191 e. The number of rotatable bonds is 4. The van der Waals surface area contributed by atoms with Crippen LogP contribution in [0.3, 0.4) is 0 Å². The highest BCUT2D eigenvalue weighted by Gasteiger charge is 2.09. The van der Waals surface area contributed by atoms with Crippen LogP contribution in [0.15, 0.2) is 61.8 Å². The lowest BCUT2D eigenvalue weighted by Gasteiger charge is -2.02. The monoisotopic (exact) mass is 222 g/mol. The second-order valence-corrected chi connectivity index (χ2v) is 3.91. The molecular weight excluding hydrogens is 206 g/mol. The average Bonchev–Trinajstić information content (AvgIpc) is 2.40. The Morgan fingerprint density at radius 3 is 2.47 bits per heavy atom. The molecule has 2 rings (SSSR count). The van der Waals surface area contributed by atoms with E-state index in [1.807, 2.05) is 35.2 Å². The molecule has 0 amide bonds. The van der Waals surface area contributed by atoms with E-state index in [-0.39, 0.29) is 0 Å². The molecule has 0 saturated heterocycles. The summed E-state index contributed by atoms with van der Waals surface area (Å²) in [4.78, 5) is 0. The normalized spacial score (nSPS) is 9.88. The van der Waals surface area contributed by atoms with Crippen molar-refractivity contribution >= 4 is 12.3 Å². The van der Waals surface area contributed by atoms with Crippen molar-refractivity contribution in [1.82, 2.24) is 0 Å². The third kappa shape index (κ3) is 2.70. The predicted octanol–water partition coefficient (Wildman–Crippen LogP) is 3.31. The van der Waals surface area contributed by atoms with Gasteiger partial charge < -0.3 is 0 Å². The molecule has 1 aromatic heterocycles. The number of hydrogen-bond donors (Lipinski definition) is 0. The average molecular weight is 222 g/mol. The number of hydrogen-bond acceptors (Lipinski definition) is 0. The van der Waals surface area contributed by atoms with Gasteiger partial charge in [-0.25, -0.2) is 0 Å². The van der Waals surface area contributed by atoms with Gasteiger partial charge in [0.25, 0.3) is 0 Å². The molecule has 1 heterocycles. The molecule has 0 radical (unpaired) electrons. The summed E-state index contributed by atoms with van der Waals surface area (Å²) in [6.07, 6.45) is 6.60. The van der Waals surface area contributed by atoms with Crippen LogP contribution < -0.4 is 4.57 Å². The SMILES string of the molecule is C=Cc1cc[n+](C=C)c(Cc2ccccc2)c1. The van der Waals surface area contributed by atoms with Crippen LogP contribution in [0.2, 0.25) is 0 Å². The van der Waals surface area contributed by atoms with E-state index in [2.05, 4.69) is 43.5 Å². The van der Waals surface area contributed by atoms with Crippen molar-refractivity contribution in [3.8, 4) is 0 Å². The fraction of sp³-hybridized carbons (Fsp3) is 0.0625. The minimum absolute atomic E-state index is 0.897. The van der Waals surface area contributed by atoms with Crippen molar-refractivity contribution in [2.24, 2.45) is 0 Å². The lowest BCUT2D eigenvalue weighted by Crippen LogP contribution is -2.31. The van der Waals surface area contributed by atoms with E-state index in [0.29, 0.717) is 0 Å². The third-order valence-electron chi connectivity index (χ3n) is 2.75. The van der Waals surface area contributed by atoms with Crippen LogP contribution in [-0.2, 0) is 6.42 Å². The van der Waals surface area contributed by atoms with E-state index in [4.69, 9.17) is 0 Å². The molecular formula is C16H16N+. The summed E-state index contributed by atoms with van der Waals surface area (Å²) >= 11 is 0. The highest BCUT2D eigenvalue weighted by molar-refractivity contribution is 5.46. The summed E-state index contributed by atoms with van der Waals surface area (Å²) in [6, 6.07) is 14.6. The second kappa shape index (κ2) is 5.26. The standard InChI is InChI=1S/C16H16N/c1-3-14-10-11-17(4-2)16(12-14)13-15-8-6-5-7-9-15/h3-12H,1-2,13H2/q+1. The molecule has 1 aromatic carbocycles. The van der Waals surface area contributed by atoms with E-state index in [1.165, 1.54) is 11.3 Å². The Hall–Kier alpha value is -2.15. The molecule has 0 atom stereocenters. The van der Waals surface area contributed by atoms with Gasteiger partial charge in [-0.3, -0.25) is 0 Å². The highest BCUT2D eigenvalue weighted by Crippen LogP contribution is 2.08. The van der Waals surface area contributed by atoms with Crippen molar-refractivity contribution in [3.63, 3.8) is 0 Å². The molecule has 0 aliphatic heterocycles. The van der Waals surface area contributed by atoms with E-state index in [9.17, 15) is 0 Å². The molecule has 84 valence electrons. The molecule has 0 aliphatic carbocycles. The van der Waals surface area contributed by atoms with Crippen LogP contribution >= 0.6 is 0 Å². The van der Waals surface area contributed by atoms with Gasteiger partial charge >= 0.3 is 0 Å². The molecule has 0 unspecified atom stereocenters. The molecule has 0 aliphatic rings. The quantitative estimate of drug-likeness (QED) is 0.699. The van der Waals surface area contributed by atoms with Crippen LogP contribution in [-0.4, -0.2) is 0 Å². The van der Waals surface area contributed by atoms with Crippen LogP contribution in [0.5, 0.6) is 0 Å². The second-order valence-electron chi connectivity index (χ2n) is 3.91. The maximum atomic E-state index is 3.83. The molecule has 0 fully saturated rings. The summed E-state index contributed by atoms with van der Waals surface area (Å²) in [6.45, 7) is 7.63. The topological polar surface area (TPSA) is 3.88 Å². The lowest BCUT2D eigenvalue weighted by atomic mass is 10.1. The third-order valence-corrected chi connectivity index (χ3v) is 2.75. The first-order valence-electron chi connectivity index (χ1n) is 5.66. The fourth-order valence-corrected chi connectivity index (χ4v) is 1.83. The smallest absolute Gasteiger partial charge is 0.171 e. The first-order valence-corrected chi connectivity index (χ1v) is 5.66. The van der Waals surface area contributed by atoms with Crippen molar-refractivity contribution < 1.29 is 4.57 Å². The molecule has 1 heteroatoms. The van der Waals surface area contributed by atoms with Crippen LogP contribution in [0.4, 0.5) is 0 Å². The molecule has 0 N–H and O–H groups in total. The largest absolute Gasteiger partial charge is 0.191 e. The van der Waals surface area contributed by atoms with Crippen molar-refractivity contribution in [2.75, 3.05) is 0 Å². The van der Waals surface area contributed by atoms with Crippen molar-refractivity contribution in [3.05, 3.63) is 78.6 Å². The zero-order chi connectivity index (χ0) is 12.1. The predicted molar refractivity (Wildman–Crippen MR) is 72.4 cm³/mol. The summed E-state index contributed by atoms with van der Waals surface area (Å²) in [5, 5.41) is 0. The molecule has 17 heavy (non-hydrogen) atoms. The molecule has 1 nitrogen and oxygen atoms in total. The summed E-state index contributed by atoms with van der Waals surface area (Å²) < 4.78 is 2.04. The van der Waals surface area contributed by atoms with Crippen LogP contribution in [0.25, 0.3) is 12.3 Å². The Balaban J connectivity index is 2.36. The van der Waals surface area contributed by atoms with Gasteiger partial charge in [-0.05, 0) is 17.7 Å². The van der Waals surface area contributed by atoms with Crippen molar-refractivity contribution in [1.29, 1.82) is 0 Å². The van der Waals surface area contributed by atoms with E-state index in [0.717, 1.165) is 12.0 Å². The Labute approximate surface area is 102 Å². The molecule has 0 spiro atoms. The van der Waals surface area contributed by atoms with E-state index >= 15 is 0 Å². The minimum Gasteiger partial charge on any atom is -0.171 e. The van der Waals surface area contributed by atoms with Gasteiger partial charge in [0.2, 0.25) is 0 Å². The first kappa shape index (κ1) is 11.3. The van der Waals surface area contributed by atoms with Gasteiger partial charge in [0.1, 0.15) is 0 Å². The van der Waals surface area contributed by atoms with Crippen molar-refractivity contribution in [2.45, 2.75) is 6.42 Å². The van der Waals surface area contributed by atoms with E-state index < -0.39 is 0 Å². The molecule has 0 saturated carbocycles. The number of benzene rings is 1. The van der Waals surface area contributed by atoms with Gasteiger partial charge in [-0.15, -0.1) is 0 Å². The van der Waals surface area contributed by atoms with Gasteiger partial charge in [0, 0.05) is 12.1 Å². The summed E-state index contributed by atoms with van der Waals surface area (Å²) in [7, 11) is 0. The van der Waals surface area contributed by atoms with Gasteiger partial charge in [0.05, 0.1) is 6.42 Å². The highest BCUT2D eigenvalue weighted by atomic mass is 14.9. The Kier molecular flexibility index (Phi) is 3.51. The molecule has 0 bridgehead atoms. The summed E-state index contributed by atoms with van der Waals surface area (Å²) in [5.74, 6) is 0. The fourth-order valence-electron chi connectivity index (χ4n) is 1.83. The van der Waals surface area contributed by atoms with Gasteiger partial charge in [-0.2, -0.15) is 4.57 Å². The number of aromatic nitrogens is 1. The Morgan fingerprint density at radius 1 is 1.06 bits per heavy atom. The first-order chi connectivity index (χ1) is 8.33.